The van der Waals surface area contributed by atoms with Crippen molar-refractivity contribution >= 4 is 35.3 Å². The minimum absolute atomic E-state index is 0.0438. The van der Waals surface area contributed by atoms with Crippen LogP contribution in [0.1, 0.15) is 22.7 Å². The van der Waals surface area contributed by atoms with Crippen LogP contribution in [0.3, 0.4) is 0 Å². The van der Waals surface area contributed by atoms with Crippen LogP contribution in [0.25, 0.3) is 11.1 Å². The summed E-state index contributed by atoms with van der Waals surface area (Å²) < 4.78 is 5.04. The number of methoxy groups -OCH3 is 1. The molecule has 31 heavy (non-hydrogen) atoms. The van der Waals surface area contributed by atoms with Gasteiger partial charge in [0.1, 0.15) is 6.04 Å². The standard InChI is InChI=1S/C24H19Cl2NO4/c1-31-24(30)27(21(23(28)29)13-14-10-11-19(25)20(26)12-14)22-17-8-4-2-6-15(17)16-7-3-5-9-18(16)22/h2-12,21-22H,13H2,1H3,(H,28,29). The number of hydrogen-bond donors (Lipinski definition) is 1. The summed E-state index contributed by atoms with van der Waals surface area (Å²) in [4.78, 5) is 26.7. The number of amides is 1. The lowest BCUT2D eigenvalue weighted by molar-refractivity contribution is -0.143. The minimum Gasteiger partial charge on any atom is -0.480 e. The number of carboxylic acid groups (broad SMARTS) is 1. The van der Waals surface area contributed by atoms with E-state index < -0.39 is 24.1 Å². The van der Waals surface area contributed by atoms with Gasteiger partial charge in [-0.05, 0) is 39.9 Å². The number of carboxylic acids is 1. The fourth-order valence-corrected chi connectivity index (χ4v) is 4.46. The molecule has 1 unspecified atom stereocenters. The highest BCUT2D eigenvalue weighted by Crippen LogP contribution is 2.47. The third-order valence-corrected chi connectivity index (χ3v) is 6.24. The summed E-state index contributed by atoms with van der Waals surface area (Å²) in [5, 5.41) is 10.8. The summed E-state index contributed by atoms with van der Waals surface area (Å²) in [6.45, 7) is 0. The van der Waals surface area contributed by atoms with Gasteiger partial charge in [-0.2, -0.15) is 0 Å². The van der Waals surface area contributed by atoms with Gasteiger partial charge in [-0.25, -0.2) is 9.59 Å². The highest BCUT2D eigenvalue weighted by molar-refractivity contribution is 6.42. The Morgan fingerprint density at radius 1 is 0.968 bits per heavy atom. The van der Waals surface area contributed by atoms with Crippen molar-refractivity contribution in [2.75, 3.05) is 7.11 Å². The van der Waals surface area contributed by atoms with Gasteiger partial charge in [-0.15, -0.1) is 0 Å². The van der Waals surface area contributed by atoms with Crippen molar-refractivity contribution < 1.29 is 19.4 Å². The maximum absolute atomic E-state index is 13.0. The van der Waals surface area contributed by atoms with Crippen LogP contribution >= 0.6 is 23.2 Å². The van der Waals surface area contributed by atoms with E-state index in [-0.39, 0.29) is 6.42 Å². The fourth-order valence-electron chi connectivity index (χ4n) is 4.14. The normalized spacial score (nSPS) is 13.3. The van der Waals surface area contributed by atoms with Gasteiger partial charge in [0.15, 0.2) is 0 Å². The molecule has 0 fully saturated rings. The first-order chi connectivity index (χ1) is 14.9. The lowest BCUT2D eigenvalue weighted by Gasteiger charge is -2.34. The summed E-state index contributed by atoms with van der Waals surface area (Å²) >= 11 is 12.1. The van der Waals surface area contributed by atoms with Crippen molar-refractivity contribution in [1.82, 2.24) is 4.90 Å². The van der Waals surface area contributed by atoms with Gasteiger partial charge in [-0.3, -0.25) is 4.90 Å². The zero-order valence-electron chi connectivity index (χ0n) is 16.6. The third-order valence-electron chi connectivity index (χ3n) is 5.50. The van der Waals surface area contributed by atoms with Gasteiger partial charge in [-0.1, -0.05) is 77.8 Å². The zero-order chi connectivity index (χ0) is 22.1. The average molecular weight is 456 g/mol. The number of fused-ring (bicyclic) bond motifs is 3. The highest BCUT2D eigenvalue weighted by atomic mass is 35.5. The van der Waals surface area contributed by atoms with Crippen LogP contribution in [0, 0.1) is 0 Å². The van der Waals surface area contributed by atoms with Gasteiger partial charge in [0.05, 0.1) is 23.2 Å². The predicted octanol–water partition coefficient (Wildman–Crippen LogP) is 5.83. The van der Waals surface area contributed by atoms with Gasteiger partial charge < -0.3 is 9.84 Å². The number of carbonyl (C=O) groups excluding carboxylic acids is 1. The number of rotatable bonds is 5. The molecular weight excluding hydrogens is 437 g/mol. The smallest absolute Gasteiger partial charge is 0.411 e. The molecular formula is C24H19Cl2NO4. The first-order valence-electron chi connectivity index (χ1n) is 9.63. The summed E-state index contributed by atoms with van der Waals surface area (Å²) in [6.07, 6.45) is -0.675. The van der Waals surface area contributed by atoms with Crippen molar-refractivity contribution in [3.63, 3.8) is 0 Å². The van der Waals surface area contributed by atoms with Crippen LogP contribution in [0.2, 0.25) is 10.0 Å². The summed E-state index contributed by atoms with van der Waals surface area (Å²) in [7, 11) is 1.25. The highest BCUT2D eigenvalue weighted by Gasteiger charge is 2.42. The molecule has 1 amide bonds. The molecule has 1 atom stereocenters. The molecule has 0 aromatic heterocycles. The Hall–Kier alpha value is -3.02. The predicted molar refractivity (Wildman–Crippen MR) is 120 cm³/mol. The van der Waals surface area contributed by atoms with Crippen molar-refractivity contribution in [2.45, 2.75) is 18.5 Å². The topological polar surface area (TPSA) is 66.8 Å². The maximum Gasteiger partial charge on any atom is 0.411 e. The molecule has 158 valence electrons. The lowest BCUT2D eigenvalue weighted by Crippen LogP contribution is -2.48. The molecule has 0 spiro atoms. The summed E-state index contributed by atoms with van der Waals surface area (Å²) in [6, 6.07) is 18.5. The fraction of sp³-hybridized carbons (Fsp3) is 0.167. The summed E-state index contributed by atoms with van der Waals surface area (Å²) in [5.74, 6) is -1.14. The Bertz CT molecular complexity index is 1120. The molecule has 3 aromatic rings. The van der Waals surface area contributed by atoms with E-state index in [0.29, 0.717) is 15.6 Å². The van der Waals surface area contributed by atoms with E-state index in [1.54, 1.807) is 18.2 Å². The molecule has 0 radical (unpaired) electrons. The monoisotopic (exact) mass is 455 g/mol. The minimum atomic E-state index is -1.19. The molecule has 3 aromatic carbocycles. The average Bonchev–Trinajstić information content (AvgIpc) is 3.10. The van der Waals surface area contributed by atoms with E-state index in [0.717, 1.165) is 22.3 Å². The maximum atomic E-state index is 13.0. The molecule has 0 saturated carbocycles. The van der Waals surface area contributed by atoms with Gasteiger partial charge >= 0.3 is 12.1 Å². The van der Waals surface area contributed by atoms with Crippen molar-refractivity contribution in [2.24, 2.45) is 0 Å². The van der Waals surface area contributed by atoms with Gasteiger partial charge in [0.25, 0.3) is 0 Å². The van der Waals surface area contributed by atoms with Gasteiger partial charge in [0.2, 0.25) is 0 Å². The number of carbonyl (C=O) groups is 2. The van der Waals surface area contributed by atoms with E-state index in [2.05, 4.69) is 0 Å². The van der Waals surface area contributed by atoms with E-state index >= 15 is 0 Å². The number of aliphatic carboxylic acids is 1. The van der Waals surface area contributed by atoms with Crippen LogP contribution in [-0.2, 0) is 16.0 Å². The lowest BCUT2D eigenvalue weighted by atomic mass is 9.98. The van der Waals surface area contributed by atoms with Crippen LogP contribution < -0.4 is 0 Å². The third kappa shape index (κ3) is 3.87. The number of nitrogens with zero attached hydrogens (tertiary/aromatic N) is 1. The molecule has 0 heterocycles. The second-order valence-corrected chi connectivity index (χ2v) is 8.08. The van der Waals surface area contributed by atoms with E-state index in [9.17, 15) is 14.7 Å². The Morgan fingerprint density at radius 3 is 2.06 bits per heavy atom. The Morgan fingerprint density at radius 2 is 1.55 bits per heavy atom. The van der Waals surface area contributed by atoms with E-state index in [1.807, 2.05) is 48.5 Å². The Balaban J connectivity index is 1.83. The SMILES string of the molecule is COC(=O)N(C(Cc1ccc(Cl)c(Cl)c1)C(=O)O)C1c2ccccc2-c2ccccc21. The molecule has 7 heteroatoms. The zero-order valence-corrected chi connectivity index (χ0v) is 18.1. The first kappa shape index (κ1) is 21.2. The number of benzene rings is 3. The number of hydrogen-bond acceptors (Lipinski definition) is 3. The van der Waals surface area contributed by atoms with Gasteiger partial charge in [0, 0.05) is 6.42 Å². The molecule has 1 N–H and O–H groups in total. The summed E-state index contributed by atoms with van der Waals surface area (Å²) in [5.41, 5.74) is 4.30. The second kappa shape index (κ2) is 8.61. The number of ether oxygens (including phenoxy) is 1. The van der Waals surface area contributed by atoms with Crippen molar-refractivity contribution in [1.29, 1.82) is 0 Å². The molecule has 0 saturated heterocycles. The van der Waals surface area contributed by atoms with Crippen molar-refractivity contribution in [3.8, 4) is 11.1 Å². The molecule has 5 nitrogen and oxygen atoms in total. The Labute approximate surface area is 189 Å². The van der Waals surface area contributed by atoms with Crippen LogP contribution in [-0.4, -0.2) is 35.2 Å². The van der Waals surface area contributed by atoms with Crippen LogP contribution in [0.15, 0.2) is 66.7 Å². The Kier molecular flexibility index (Phi) is 5.90. The molecule has 1 aliphatic carbocycles. The largest absolute Gasteiger partial charge is 0.480 e. The molecule has 0 aliphatic heterocycles. The van der Waals surface area contributed by atoms with Crippen molar-refractivity contribution in [3.05, 3.63) is 93.5 Å². The van der Waals surface area contributed by atoms with E-state index in [4.69, 9.17) is 27.9 Å². The molecule has 4 rings (SSSR count). The quantitative estimate of drug-likeness (QED) is 0.525. The number of halogens is 2. The van der Waals surface area contributed by atoms with Crippen LogP contribution in [0.4, 0.5) is 4.79 Å². The second-order valence-electron chi connectivity index (χ2n) is 7.26. The molecule has 1 aliphatic rings. The first-order valence-corrected chi connectivity index (χ1v) is 10.4. The van der Waals surface area contributed by atoms with Crippen LogP contribution in [0.5, 0.6) is 0 Å². The molecule has 0 bridgehead atoms. The van der Waals surface area contributed by atoms with E-state index in [1.165, 1.54) is 12.0 Å².